The molecular weight excluding hydrogens is 276 g/mol. The Morgan fingerprint density at radius 3 is 2.62 bits per heavy atom. The Morgan fingerprint density at radius 1 is 1.38 bits per heavy atom. The van der Waals surface area contributed by atoms with Crippen molar-refractivity contribution in [3.8, 4) is 0 Å². The highest BCUT2D eigenvalue weighted by Gasteiger charge is 2.31. The van der Waals surface area contributed by atoms with Gasteiger partial charge in [-0.2, -0.15) is 0 Å². The van der Waals surface area contributed by atoms with Crippen LogP contribution in [-0.2, 0) is 14.3 Å². The minimum absolute atomic E-state index is 0.0900. The van der Waals surface area contributed by atoms with Crippen molar-refractivity contribution < 1.29 is 19.2 Å². The van der Waals surface area contributed by atoms with Gasteiger partial charge in [-0.25, -0.2) is 0 Å². The van der Waals surface area contributed by atoms with Crippen molar-refractivity contribution in [1.82, 2.24) is 0 Å². The minimum atomic E-state index is -0.583. The quantitative estimate of drug-likeness (QED) is 0.509. The van der Waals surface area contributed by atoms with E-state index in [4.69, 9.17) is 4.74 Å². The maximum absolute atomic E-state index is 11.8. The molecule has 2 rings (SSSR count). The third-order valence-corrected chi connectivity index (χ3v) is 3.43. The number of carbonyl (C=O) groups excluding carboxylic acids is 2. The highest BCUT2D eigenvalue weighted by atomic mass is 16.6. The number of anilines is 1. The zero-order valence-electron chi connectivity index (χ0n) is 11.8. The van der Waals surface area contributed by atoms with Crippen LogP contribution in [0.25, 0.3) is 0 Å². The topological polar surface area (TPSA) is 98.5 Å². The molecule has 0 unspecified atom stereocenters. The molecule has 1 aliphatic rings. The van der Waals surface area contributed by atoms with Crippen molar-refractivity contribution in [3.63, 3.8) is 0 Å². The number of nitro groups is 1. The summed E-state index contributed by atoms with van der Waals surface area (Å²) in [5.74, 6) is -1.06. The molecule has 7 heteroatoms. The smallest absolute Gasteiger partial charge is 0.309 e. The lowest BCUT2D eigenvalue weighted by molar-refractivity contribution is -0.384. The zero-order valence-corrected chi connectivity index (χ0v) is 11.8. The zero-order chi connectivity index (χ0) is 15.6. The van der Waals surface area contributed by atoms with Gasteiger partial charge in [0.2, 0.25) is 0 Å². The van der Waals surface area contributed by atoms with Crippen LogP contribution < -0.4 is 5.32 Å². The van der Waals surface area contributed by atoms with Crippen molar-refractivity contribution in [2.24, 2.45) is 5.92 Å². The predicted octanol–water partition coefficient (Wildman–Crippen LogP) is 2.10. The van der Waals surface area contributed by atoms with Gasteiger partial charge >= 0.3 is 5.97 Å². The molecular formula is C14H16N2O5. The predicted molar refractivity (Wildman–Crippen MR) is 74.9 cm³/mol. The fourth-order valence-corrected chi connectivity index (χ4v) is 1.86. The number of ether oxygens (including phenoxy) is 1. The van der Waals surface area contributed by atoms with Crippen LogP contribution in [0.2, 0.25) is 0 Å². The van der Waals surface area contributed by atoms with E-state index < -0.39 is 17.4 Å². The summed E-state index contributed by atoms with van der Waals surface area (Å²) in [6.45, 7) is 3.05. The van der Waals surface area contributed by atoms with Crippen molar-refractivity contribution in [3.05, 3.63) is 33.4 Å². The molecule has 1 saturated carbocycles. The highest BCUT2D eigenvalue weighted by Crippen LogP contribution is 2.31. The molecule has 0 spiro atoms. The molecule has 1 amide bonds. The second-order valence-electron chi connectivity index (χ2n) is 5.09. The number of nitro benzene ring substituents is 1. The molecule has 1 aromatic carbocycles. The lowest BCUT2D eigenvalue weighted by Gasteiger charge is -2.11. The number of amides is 1. The van der Waals surface area contributed by atoms with Gasteiger partial charge in [0.05, 0.1) is 10.8 Å². The van der Waals surface area contributed by atoms with Crippen LogP contribution in [0.3, 0.4) is 0 Å². The molecule has 7 nitrogen and oxygen atoms in total. The van der Waals surface area contributed by atoms with E-state index in [0.717, 1.165) is 18.4 Å². The third-order valence-electron chi connectivity index (χ3n) is 3.43. The third kappa shape index (κ3) is 3.56. The molecule has 0 saturated heterocycles. The summed E-state index contributed by atoms with van der Waals surface area (Å²) in [5, 5.41) is 13.5. The van der Waals surface area contributed by atoms with Crippen LogP contribution in [-0.4, -0.2) is 23.4 Å². The monoisotopic (exact) mass is 292 g/mol. The summed E-state index contributed by atoms with van der Waals surface area (Å²) in [6.07, 6.45) is 1.59. The van der Waals surface area contributed by atoms with Crippen molar-refractivity contribution in [2.75, 3.05) is 11.9 Å². The Morgan fingerprint density at radius 2 is 2.05 bits per heavy atom. The molecule has 1 aromatic rings. The number of aryl methyl sites for hydroxylation is 1. The number of benzene rings is 1. The molecule has 0 aliphatic heterocycles. The van der Waals surface area contributed by atoms with Crippen LogP contribution in [0.1, 0.15) is 24.0 Å². The summed E-state index contributed by atoms with van der Waals surface area (Å²) >= 11 is 0. The van der Waals surface area contributed by atoms with Crippen molar-refractivity contribution in [2.45, 2.75) is 26.7 Å². The van der Waals surface area contributed by atoms with Crippen LogP contribution in [0.4, 0.5) is 11.4 Å². The Kier molecular flexibility index (Phi) is 4.21. The Hall–Kier alpha value is -2.44. The van der Waals surface area contributed by atoms with Crippen molar-refractivity contribution >= 4 is 23.3 Å². The van der Waals surface area contributed by atoms with E-state index in [-0.39, 0.29) is 23.3 Å². The lowest BCUT2D eigenvalue weighted by Crippen LogP contribution is -2.22. The summed E-state index contributed by atoms with van der Waals surface area (Å²) in [4.78, 5) is 33.6. The standard InChI is InChI=1S/C14H16N2O5/c1-8-3-6-11(16(19)20)13(9(8)2)15-12(17)7-21-14(18)10-4-5-10/h3,6,10H,4-5,7H2,1-2H3,(H,15,17). The van der Waals surface area contributed by atoms with Gasteiger partial charge in [0, 0.05) is 6.07 Å². The highest BCUT2D eigenvalue weighted by molar-refractivity contribution is 5.96. The number of carbonyl (C=O) groups is 2. The lowest BCUT2D eigenvalue weighted by atomic mass is 10.1. The molecule has 0 heterocycles. The second-order valence-corrected chi connectivity index (χ2v) is 5.09. The molecule has 0 aromatic heterocycles. The number of esters is 1. The molecule has 0 radical (unpaired) electrons. The molecule has 21 heavy (non-hydrogen) atoms. The van der Waals surface area contributed by atoms with E-state index in [2.05, 4.69) is 5.32 Å². The number of nitrogens with one attached hydrogen (secondary N) is 1. The molecule has 0 bridgehead atoms. The van der Waals surface area contributed by atoms with Crippen LogP contribution in [0, 0.1) is 29.9 Å². The van der Waals surface area contributed by atoms with Gasteiger partial charge in [0.25, 0.3) is 11.6 Å². The van der Waals surface area contributed by atoms with E-state index in [1.54, 1.807) is 19.9 Å². The number of hydrogen-bond acceptors (Lipinski definition) is 5. The van der Waals surface area contributed by atoms with Gasteiger partial charge in [-0.1, -0.05) is 6.07 Å². The first-order chi connectivity index (χ1) is 9.90. The largest absolute Gasteiger partial charge is 0.455 e. The van der Waals surface area contributed by atoms with Crippen LogP contribution in [0.5, 0.6) is 0 Å². The van der Waals surface area contributed by atoms with E-state index >= 15 is 0 Å². The molecule has 1 fully saturated rings. The van der Waals surface area contributed by atoms with Crippen LogP contribution >= 0.6 is 0 Å². The number of hydrogen-bond donors (Lipinski definition) is 1. The fraction of sp³-hybridized carbons (Fsp3) is 0.429. The Balaban J connectivity index is 2.07. The summed E-state index contributed by atoms with van der Waals surface area (Å²) < 4.78 is 4.85. The van der Waals surface area contributed by atoms with E-state index in [1.807, 2.05) is 0 Å². The van der Waals surface area contributed by atoms with Crippen molar-refractivity contribution in [1.29, 1.82) is 0 Å². The van der Waals surface area contributed by atoms with E-state index in [9.17, 15) is 19.7 Å². The molecule has 1 N–H and O–H groups in total. The van der Waals surface area contributed by atoms with Gasteiger partial charge in [-0.3, -0.25) is 19.7 Å². The van der Waals surface area contributed by atoms with Gasteiger partial charge in [-0.05, 0) is 37.8 Å². The minimum Gasteiger partial charge on any atom is -0.455 e. The first-order valence-electron chi connectivity index (χ1n) is 6.61. The SMILES string of the molecule is Cc1ccc([N+](=O)[O-])c(NC(=O)COC(=O)C2CC2)c1C. The Bertz CT molecular complexity index is 608. The van der Waals surface area contributed by atoms with Gasteiger partial charge < -0.3 is 10.1 Å². The van der Waals surface area contributed by atoms with E-state index in [1.165, 1.54) is 6.07 Å². The average Bonchev–Trinajstić information content (AvgIpc) is 3.25. The summed E-state index contributed by atoms with van der Waals surface area (Å²) in [6, 6.07) is 2.96. The van der Waals surface area contributed by atoms with Gasteiger partial charge in [0.15, 0.2) is 6.61 Å². The van der Waals surface area contributed by atoms with Gasteiger partial charge in [-0.15, -0.1) is 0 Å². The maximum atomic E-state index is 11.8. The molecule has 1 aliphatic carbocycles. The molecule has 0 atom stereocenters. The Labute approximate surface area is 121 Å². The normalized spacial score (nSPS) is 13.6. The number of rotatable bonds is 5. The first kappa shape index (κ1) is 15.0. The summed E-state index contributed by atoms with van der Waals surface area (Å²) in [7, 11) is 0. The number of nitrogens with zero attached hydrogens (tertiary/aromatic N) is 1. The maximum Gasteiger partial charge on any atom is 0.309 e. The first-order valence-corrected chi connectivity index (χ1v) is 6.61. The fourth-order valence-electron chi connectivity index (χ4n) is 1.86. The van der Waals surface area contributed by atoms with E-state index in [0.29, 0.717) is 5.56 Å². The molecule has 112 valence electrons. The average molecular weight is 292 g/mol. The van der Waals surface area contributed by atoms with Gasteiger partial charge in [0.1, 0.15) is 5.69 Å². The second kappa shape index (κ2) is 5.90. The summed E-state index contributed by atoms with van der Waals surface area (Å²) in [5.41, 5.74) is 1.41. The van der Waals surface area contributed by atoms with Crippen LogP contribution in [0.15, 0.2) is 12.1 Å².